The predicted octanol–water partition coefficient (Wildman–Crippen LogP) is 3.39. The van der Waals surface area contributed by atoms with Crippen molar-refractivity contribution in [2.75, 3.05) is 13.2 Å². The molecule has 94 valence electrons. The third-order valence-corrected chi connectivity index (χ3v) is 3.31. The van der Waals surface area contributed by atoms with Crippen molar-refractivity contribution < 1.29 is 9.13 Å². The molecular weight excluding hydrogens is 241 g/mol. The topological polar surface area (TPSA) is 21.3 Å². The molecule has 2 nitrogen and oxygen atoms in total. The molecule has 1 aliphatic rings. The van der Waals surface area contributed by atoms with Crippen LogP contribution in [0.5, 0.6) is 5.75 Å². The SMILES string of the molecule is Fc1ccc(OCCCC2CCCN2)c(Cl)c1. The normalized spacial score (nSPS) is 19.5. The summed E-state index contributed by atoms with van der Waals surface area (Å²) in [5, 5.41) is 3.78. The Morgan fingerprint density at radius 1 is 1.47 bits per heavy atom. The Kier molecular flexibility index (Phi) is 4.63. The molecule has 1 aromatic rings. The lowest BCUT2D eigenvalue weighted by Gasteiger charge is -2.11. The average molecular weight is 258 g/mol. The summed E-state index contributed by atoms with van der Waals surface area (Å²) in [5.74, 6) is 0.227. The second kappa shape index (κ2) is 6.22. The van der Waals surface area contributed by atoms with Gasteiger partial charge < -0.3 is 10.1 Å². The molecule has 2 rings (SSSR count). The van der Waals surface area contributed by atoms with E-state index in [-0.39, 0.29) is 5.82 Å². The lowest BCUT2D eigenvalue weighted by Crippen LogP contribution is -2.21. The van der Waals surface area contributed by atoms with E-state index in [2.05, 4.69) is 5.32 Å². The van der Waals surface area contributed by atoms with Crippen LogP contribution in [0, 0.1) is 5.82 Å². The van der Waals surface area contributed by atoms with Gasteiger partial charge in [-0.05, 0) is 50.4 Å². The molecule has 0 spiro atoms. The van der Waals surface area contributed by atoms with Crippen molar-refractivity contribution in [1.82, 2.24) is 5.32 Å². The van der Waals surface area contributed by atoms with E-state index < -0.39 is 0 Å². The molecule has 1 atom stereocenters. The van der Waals surface area contributed by atoms with Gasteiger partial charge in [0.05, 0.1) is 11.6 Å². The Bertz CT molecular complexity index is 366. The van der Waals surface area contributed by atoms with E-state index in [0.29, 0.717) is 23.4 Å². The maximum atomic E-state index is 12.8. The zero-order valence-electron chi connectivity index (χ0n) is 9.72. The van der Waals surface area contributed by atoms with Crippen molar-refractivity contribution in [3.63, 3.8) is 0 Å². The molecular formula is C13H17ClFNO. The first-order valence-corrected chi connectivity index (χ1v) is 6.45. The van der Waals surface area contributed by atoms with Crippen LogP contribution in [0.4, 0.5) is 4.39 Å². The number of hydrogen-bond acceptors (Lipinski definition) is 2. The van der Waals surface area contributed by atoms with Gasteiger partial charge >= 0.3 is 0 Å². The van der Waals surface area contributed by atoms with E-state index in [0.717, 1.165) is 19.4 Å². The molecule has 1 fully saturated rings. The molecule has 0 amide bonds. The van der Waals surface area contributed by atoms with Gasteiger partial charge in [0.2, 0.25) is 0 Å². The van der Waals surface area contributed by atoms with Gasteiger partial charge in [0.25, 0.3) is 0 Å². The quantitative estimate of drug-likeness (QED) is 0.817. The van der Waals surface area contributed by atoms with Crippen molar-refractivity contribution in [2.24, 2.45) is 0 Å². The van der Waals surface area contributed by atoms with Gasteiger partial charge in [-0.2, -0.15) is 0 Å². The van der Waals surface area contributed by atoms with Gasteiger partial charge in [-0.1, -0.05) is 11.6 Å². The summed E-state index contributed by atoms with van der Waals surface area (Å²) in [6.45, 7) is 1.76. The number of halogens is 2. The van der Waals surface area contributed by atoms with Gasteiger partial charge in [0.1, 0.15) is 11.6 Å². The first-order valence-electron chi connectivity index (χ1n) is 6.07. The van der Waals surface area contributed by atoms with Crippen LogP contribution in [0.15, 0.2) is 18.2 Å². The van der Waals surface area contributed by atoms with Crippen molar-refractivity contribution in [3.05, 3.63) is 29.0 Å². The Labute approximate surface area is 106 Å². The smallest absolute Gasteiger partial charge is 0.138 e. The van der Waals surface area contributed by atoms with E-state index in [1.165, 1.54) is 25.0 Å². The summed E-state index contributed by atoms with van der Waals surface area (Å²) in [4.78, 5) is 0. The molecule has 0 radical (unpaired) electrons. The van der Waals surface area contributed by atoms with E-state index in [1.54, 1.807) is 6.07 Å². The van der Waals surface area contributed by atoms with Crippen molar-refractivity contribution in [2.45, 2.75) is 31.7 Å². The van der Waals surface area contributed by atoms with Crippen LogP contribution in [-0.2, 0) is 0 Å². The Morgan fingerprint density at radius 3 is 3.06 bits per heavy atom. The highest BCUT2D eigenvalue weighted by molar-refractivity contribution is 6.32. The molecule has 1 saturated heterocycles. The van der Waals surface area contributed by atoms with Crippen LogP contribution < -0.4 is 10.1 Å². The van der Waals surface area contributed by atoms with Gasteiger partial charge in [-0.15, -0.1) is 0 Å². The van der Waals surface area contributed by atoms with E-state index in [4.69, 9.17) is 16.3 Å². The molecule has 1 unspecified atom stereocenters. The standard InChI is InChI=1S/C13H17ClFNO/c14-12-9-10(15)5-6-13(12)17-8-2-4-11-3-1-7-16-11/h5-6,9,11,16H,1-4,7-8H2. The Morgan fingerprint density at radius 2 is 2.35 bits per heavy atom. The molecule has 0 bridgehead atoms. The van der Waals surface area contributed by atoms with E-state index in [9.17, 15) is 4.39 Å². The molecule has 1 aliphatic heterocycles. The molecule has 0 aromatic heterocycles. The second-order valence-corrected chi connectivity index (χ2v) is 4.77. The largest absolute Gasteiger partial charge is 0.492 e. The number of rotatable bonds is 5. The van der Waals surface area contributed by atoms with Crippen LogP contribution in [0.1, 0.15) is 25.7 Å². The monoisotopic (exact) mass is 257 g/mol. The molecule has 1 heterocycles. The van der Waals surface area contributed by atoms with Crippen molar-refractivity contribution in [3.8, 4) is 5.75 Å². The highest BCUT2D eigenvalue weighted by atomic mass is 35.5. The number of hydrogen-bond donors (Lipinski definition) is 1. The van der Waals surface area contributed by atoms with Gasteiger partial charge in [-0.25, -0.2) is 4.39 Å². The van der Waals surface area contributed by atoms with Crippen molar-refractivity contribution >= 4 is 11.6 Å². The molecule has 1 aromatic carbocycles. The summed E-state index contributed by atoms with van der Waals surface area (Å²) in [7, 11) is 0. The second-order valence-electron chi connectivity index (χ2n) is 4.36. The zero-order valence-corrected chi connectivity index (χ0v) is 10.5. The van der Waals surface area contributed by atoms with Crippen LogP contribution in [0.3, 0.4) is 0 Å². The minimum absolute atomic E-state index is 0.336. The highest BCUT2D eigenvalue weighted by Crippen LogP contribution is 2.25. The molecule has 4 heteroatoms. The average Bonchev–Trinajstić information content (AvgIpc) is 2.79. The predicted molar refractivity (Wildman–Crippen MR) is 67.2 cm³/mol. The molecule has 1 N–H and O–H groups in total. The summed E-state index contributed by atoms with van der Waals surface area (Å²) in [6.07, 6.45) is 4.65. The van der Waals surface area contributed by atoms with E-state index in [1.807, 2.05) is 0 Å². The van der Waals surface area contributed by atoms with Crippen LogP contribution in [0.2, 0.25) is 5.02 Å². The maximum Gasteiger partial charge on any atom is 0.138 e. The van der Waals surface area contributed by atoms with Crippen LogP contribution in [-0.4, -0.2) is 19.2 Å². The lowest BCUT2D eigenvalue weighted by molar-refractivity contribution is 0.298. The van der Waals surface area contributed by atoms with E-state index >= 15 is 0 Å². The fraction of sp³-hybridized carbons (Fsp3) is 0.538. The Balaban J connectivity index is 1.70. The number of benzene rings is 1. The molecule has 0 aliphatic carbocycles. The molecule has 17 heavy (non-hydrogen) atoms. The van der Waals surface area contributed by atoms with Gasteiger partial charge in [0.15, 0.2) is 0 Å². The summed E-state index contributed by atoms with van der Waals surface area (Å²) >= 11 is 5.86. The first-order chi connectivity index (χ1) is 8.25. The third kappa shape index (κ3) is 3.86. The minimum atomic E-state index is -0.336. The fourth-order valence-electron chi connectivity index (χ4n) is 2.11. The number of ether oxygens (including phenoxy) is 1. The lowest BCUT2D eigenvalue weighted by atomic mass is 10.1. The zero-order chi connectivity index (χ0) is 12.1. The summed E-state index contributed by atoms with van der Waals surface area (Å²) in [6, 6.07) is 4.85. The number of nitrogens with one attached hydrogen (secondary N) is 1. The van der Waals surface area contributed by atoms with Crippen LogP contribution >= 0.6 is 11.6 Å². The summed E-state index contributed by atoms with van der Waals surface area (Å²) in [5.41, 5.74) is 0. The molecule has 0 saturated carbocycles. The Hall–Kier alpha value is -0.800. The van der Waals surface area contributed by atoms with Crippen molar-refractivity contribution in [1.29, 1.82) is 0 Å². The minimum Gasteiger partial charge on any atom is -0.492 e. The summed E-state index contributed by atoms with van der Waals surface area (Å²) < 4.78 is 18.3. The van der Waals surface area contributed by atoms with Gasteiger partial charge in [0, 0.05) is 6.04 Å². The van der Waals surface area contributed by atoms with Crippen LogP contribution in [0.25, 0.3) is 0 Å². The third-order valence-electron chi connectivity index (χ3n) is 3.01. The first kappa shape index (κ1) is 12.7. The fourth-order valence-corrected chi connectivity index (χ4v) is 2.33. The highest BCUT2D eigenvalue weighted by Gasteiger charge is 2.13. The maximum absolute atomic E-state index is 12.8. The van der Waals surface area contributed by atoms with Gasteiger partial charge in [-0.3, -0.25) is 0 Å².